The molecule has 1 atom stereocenters. The maximum Gasteiger partial charge on any atom is 0.240 e. The van der Waals surface area contributed by atoms with Crippen LogP contribution in [0, 0.1) is 5.82 Å². The Bertz CT molecular complexity index is 742. The van der Waals surface area contributed by atoms with Gasteiger partial charge in [-0.25, -0.2) is 4.39 Å². The predicted octanol–water partition coefficient (Wildman–Crippen LogP) is 3.73. The molecule has 0 aliphatic carbocycles. The molecule has 0 aliphatic heterocycles. The van der Waals surface area contributed by atoms with Crippen LogP contribution < -0.4 is 5.32 Å². The van der Waals surface area contributed by atoms with E-state index in [1.165, 1.54) is 6.07 Å². The topological polar surface area (TPSA) is 51.0 Å². The van der Waals surface area contributed by atoms with Crippen molar-refractivity contribution in [1.82, 2.24) is 15.5 Å². The van der Waals surface area contributed by atoms with Gasteiger partial charge in [0.25, 0.3) is 0 Å². The Morgan fingerprint density at radius 1 is 1.09 bits per heavy atom. The summed E-state index contributed by atoms with van der Waals surface area (Å²) in [6.07, 6.45) is 0. The third-order valence-corrected chi connectivity index (χ3v) is 3.43. The van der Waals surface area contributed by atoms with Gasteiger partial charge in [-0.2, -0.15) is 4.98 Å². The first kappa shape index (κ1) is 14.4. The van der Waals surface area contributed by atoms with Gasteiger partial charge in [-0.05, 0) is 13.0 Å². The normalized spacial score (nSPS) is 12.3. The number of nitrogens with zero attached hydrogens (tertiary/aromatic N) is 2. The Kier molecular flexibility index (Phi) is 4.25. The molecule has 0 fully saturated rings. The van der Waals surface area contributed by atoms with Crippen LogP contribution in [0.25, 0.3) is 11.4 Å². The molecule has 22 heavy (non-hydrogen) atoms. The van der Waals surface area contributed by atoms with Gasteiger partial charge in [0.1, 0.15) is 5.82 Å². The third kappa shape index (κ3) is 3.20. The van der Waals surface area contributed by atoms with E-state index in [4.69, 9.17) is 4.52 Å². The van der Waals surface area contributed by atoms with Crippen LogP contribution in [-0.2, 0) is 6.54 Å². The lowest BCUT2D eigenvalue weighted by atomic mass is 10.1. The maximum atomic E-state index is 13.7. The van der Waals surface area contributed by atoms with E-state index in [0.717, 1.165) is 5.56 Å². The molecule has 0 aliphatic rings. The minimum absolute atomic E-state index is 0.145. The van der Waals surface area contributed by atoms with E-state index in [-0.39, 0.29) is 11.9 Å². The van der Waals surface area contributed by atoms with Crippen LogP contribution in [0.4, 0.5) is 4.39 Å². The zero-order chi connectivity index (χ0) is 15.4. The highest BCUT2D eigenvalue weighted by Crippen LogP contribution is 2.18. The molecule has 112 valence electrons. The van der Waals surface area contributed by atoms with Gasteiger partial charge in [0.2, 0.25) is 11.7 Å². The summed E-state index contributed by atoms with van der Waals surface area (Å²) >= 11 is 0. The second-order valence-corrected chi connectivity index (χ2v) is 5.00. The number of benzene rings is 2. The largest absolute Gasteiger partial charge is 0.338 e. The van der Waals surface area contributed by atoms with Crippen molar-refractivity contribution in [3.05, 3.63) is 71.9 Å². The van der Waals surface area contributed by atoms with Gasteiger partial charge in [-0.15, -0.1) is 0 Å². The highest BCUT2D eigenvalue weighted by Gasteiger charge is 2.12. The SMILES string of the molecule is CC(NCc1nc(-c2ccccc2)no1)c1ccccc1F. The molecule has 5 heteroatoms. The summed E-state index contributed by atoms with van der Waals surface area (Å²) in [7, 11) is 0. The van der Waals surface area contributed by atoms with Crippen LogP contribution in [-0.4, -0.2) is 10.1 Å². The van der Waals surface area contributed by atoms with Crippen LogP contribution >= 0.6 is 0 Å². The molecule has 0 amide bonds. The molecule has 0 saturated carbocycles. The van der Waals surface area contributed by atoms with Crippen molar-refractivity contribution >= 4 is 0 Å². The Hall–Kier alpha value is -2.53. The highest BCUT2D eigenvalue weighted by atomic mass is 19.1. The van der Waals surface area contributed by atoms with Crippen molar-refractivity contribution in [2.24, 2.45) is 0 Å². The van der Waals surface area contributed by atoms with Gasteiger partial charge in [-0.1, -0.05) is 53.7 Å². The van der Waals surface area contributed by atoms with Crippen LogP contribution in [0.2, 0.25) is 0 Å². The molecule has 1 N–H and O–H groups in total. The molecule has 0 spiro atoms. The van der Waals surface area contributed by atoms with Gasteiger partial charge < -0.3 is 9.84 Å². The Balaban J connectivity index is 1.65. The van der Waals surface area contributed by atoms with Crippen LogP contribution in [0.3, 0.4) is 0 Å². The van der Waals surface area contributed by atoms with E-state index >= 15 is 0 Å². The fourth-order valence-electron chi connectivity index (χ4n) is 2.21. The number of aromatic nitrogens is 2. The lowest BCUT2D eigenvalue weighted by molar-refractivity contribution is 0.359. The first-order valence-corrected chi connectivity index (χ1v) is 7.10. The molecule has 0 bridgehead atoms. The van der Waals surface area contributed by atoms with E-state index in [1.807, 2.05) is 43.3 Å². The molecule has 2 aromatic carbocycles. The number of rotatable bonds is 5. The van der Waals surface area contributed by atoms with Gasteiger partial charge in [0.15, 0.2) is 0 Å². The molecule has 1 heterocycles. The van der Waals surface area contributed by atoms with Gasteiger partial charge in [0.05, 0.1) is 6.54 Å². The molecule has 3 rings (SSSR count). The Morgan fingerprint density at radius 3 is 2.59 bits per heavy atom. The first-order valence-electron chi connectivity index (χ1n) is 7.10. The van der Waals surface area contributed by atoms with Gasteiger partial charge in [0, 0.05) is 17.2 Å². The molecular weight excluding hydrogens is 281 g/mol. The van der Waals surface area contributed by atoms with Crippen molar-refractivity contribution in [3.63, 3.8) is 0 Å². The summed E-state index contributed by atoms with van der Waals surface area (Å²) in [4.78, 5) is 4.33. The second kappa shape index (κ2) is 6.49. The fourth-order valence-corrected chi connectivity index (χ4v) is 2.21. The lowest BCUT2D eigenvalue weighted by Gasteiger charge is -2.13. The summed E-state index contributed by atoms with van der Waals surface area (Å²) in [5, 5.41) is 7.14. The average Bonchev–Trinajstić information content (AvgIpc) is 3.03. The van der Waals surface area contributed by atoms with Crippen LogP contribution in [0.5, 0.6) is 0 Å². The molecule has 1 unspecified atom stereocenters. The molecule has 4 nitrogen and oxygen atoms in total. The monoisotopic (exact) mass is 297 g/mol. The van der Waals surface area contributed by atoms with Crippen molar-refractivity contribution < 1.29 is 8.91 Å². The van der Waals surface area contributed by atoms with E-state index in [0.29, 0.717) is 23.8 Å². The molecule has 0 saturated heterocycles. The number of hydrogen-bond donors (Lipinski definition) is 1. The highest BCUT2D eigenvalue weighted by molar-refractivity contribution is 5.53. The number of hydrogen-bond acceptors (Lipinski definition) is 4. The predicted molar refractivity (Wildman–Crippen MR) is 81.4 cm³/mol. The first-order chi connectivity index (χ1) is 10.7. The second-order valence-electron chi connectivity index (χ2n) is 5.00. The van der Waals surface area contributed by atoms with Crippen molar-refractivity contribution in [3.8, 4) is 11.4 Å². The van der Waals surface area contributed by atoms with E-state index < -0.39 is 0 Å². The number of nitrogens with one attached hydrogen (secondary N) is 1. The summed E-state index contributed by atoms with van der Waals surface area (Å²) in [5.41, 5.74) is 1.52. The van der Waals surface area contributed by atoms with E-state index in [2.05, 4.69) is 15.5 Å². The smallest absolute Gasteiger partial charge is 0.240 e. The molecule has 3 aromatic rings. The average molecular weight is 297 g/mol. The maximum absolute atomic E-state index is 13.7. The summed E-state index contributed by atoms with van der Waals surface area (Å²) < 4.78 is 18.9. The summed E-state index contributed by atoms with van der Waals surface area (Å²) in [6.45, 7) is 2.28. The quantitative estimate of drug-likeness (QED) is 0.779. The van der Waals surface area contributed by atoms with E-state index in [1.54, 1.807) is 12.1 Å². The standard InChI is InChI=1S/C17H16FN3O/c1-12(14-9-5-6-10-15(14)18)19-11-16-20-17(21-22-16)13-7-3-2-4-8-13/h2-10,12,19H,11H2,1H3. The molecule has 0 radical (unpaired) electrons. The number of halogens is 1. The molecule has 1 aromatic heterocycles. The summed E-state index contributed by atoms with van der Waals surface area (Å²) in [6, 6.07) is 16.2. The third-order valence-electron chi connectivity index (χ3n) is 3.43. The lowest BCUT2D eigenvalue weighted by Crippen LogP contribution is -2.19. The van der Waals surface area contributed by atoms with E-state index in [9.17, 15) is 4.39 Å². The van der Waals surface area contributed by atoms with Crippen LogP contribution in [0.1, 0.15) is 24.4 Å². The van der Waals surface area contributed by atoms with Gasteiger partial charge in [-0.3, -0.25) is 0 Å². The summed E-state index contributed by atoms with van der Waals surface area (Å²) in [5.74, 6) is 0.802. The van der Waals surface area contributed by atoms with Crippen molar-refractivity contribution in [2.45, 2.75) is 19.5 Å². The van der Waals surface area contributed by atoms with Crippen molar-refractivity contribution in [1.29, 1.82) is 0 Å². The zero-order valence-electron chi connectivity index (χ0n) is 12.2. The zero-order valence-corrected chi connectivity index (χ0v) is 12.2. The van der Waals surface area contributed by atoms with Gasteiger partial charge >= 0.3 is 0 Å². The van der Waals surface area contributed by atoms with Crippen molar-refractivity contribution in [2.75, 3.05) is 0 Å². The minimum Gasteiger partial charge on any atom is -0.338 e. The fraction of sp³-hybridized carbons (Fsp3) is 0.176. The molecular formula is C17H16FN3O. The van der Waals surface area contributed by atoms with Crippen LogP contribution in [0.15, 0.2) is 59.1 Å². The Labute approximate surface area is 128 Å². The minimum atomic E-state index is -0.224. The Morgan fingerprint density at radius 2 is 1.82 bits per heavy atom.